The van der Waals surface area contributed by atoms with Crippen LogP contribution in [0.3, 0.4) is 0 Å². The zero-order chi connectivity index (χ0) is 8.97. The molecule has 0 radical (unpaired) electrons. The minimum atomic E-state index is -2.78. The number of piperidine rings is 1. The maximum Gasteiger partial charge on any atom is 0.236 e. The van der Waals surface area contributed by atoms with Gasteiger partial charge < -0.3 is 5.32 Å². The first kappa shape index (κ1) is 9.47. The number of thiol groups is 1. The second-order valence-electron chi connectivity index (χ2n) is 2.76. The van der Waals surface area contributed by atoms with E-state index in [1.807, 2.05) is 4.72 Å². The Morgan fingerprint density at radius 1 is 1.33 bits per heavy atom. The lowest BCUT2D eigenvalue weighted by Crippen LogP contribution is -2.37. The van der Waals surface area contributed by atoms with E-state index in [-0.39, 0.29) is 11.8 Å². The Balaban J connectivity index is 2.39. The third-order valence-corrected chi connectivity index (χ3v) is 2.31. The number of hydrogen-bond acceptors (Lipinski definition) is 4. The minimum Gasteiger partial charge on any atom is -0.317 e. The molecule has 0 bridgehead atoms. The Hall–Kier alpha value is -0.620. The number of rotatable bonds is 2. The van der Waals surface area contributed by atoms with E-state index in [1.165, 1.54) is 0 Å². The van der Waals surface area contributed by atoms with E-state index < -0.39 is 10.9 Å². The molecule has 70 valence electrons. The van der Waals surface area contributed by atoms with Gasteiger partial charge in [-0.1, -0.05) is 0 Å². The van der Waals surface area contributed by atoms with Crippen molar-refractivity contribution in [3.8, 4) is 0 Å². The van der Waals surface area contributed by atoms with Crippen molar-refractivity contribution in [2.75, 3.05) is 13.1 Å². The largest absolute Gasteiger partial charge is 0.317 e. The molecule has 2 N–H and O–H groups in total. The summed E-state index contributed by atoms with van der Waals surface area (Å²) in [6.45, 7) is 1.57. The van der Waals surface area contributed by atoms with Crippen molar-refractivity contribution in [1.82, 2.24) is 10.0 Å². The van der Waals surface area contributed by atoms with Crippen molar-refractivity contribution >= 4 is 16.8 Å². The summed E-state index contributed by atoms with van der Waals surface area (Å²) >= 11 is 0. The molecule has 0 aromatic rings. The Labute approximate surface area is 72.6 Å². The van der Waals surface area contributed by atoms with Gasteiger partial charge in [0.15, 0.2) is 0 Å². The molecule has 0 atom stereocenters. The van der Waals surface area contributed by atoms with Crippen LogP contribution < -0.4 is 10.0 Å². The molecule has 0 saturated carbocycles. The Morgan fingerprint density at radius 3 is 2.42 bits per heavy atom. The molecule has 1 saturated heterocycles. The summed E-state index contributed by atoms with van der Waals surface area (Å²) in [5.41, 5.74) is 0. The normalized spacial score (nSPS) is 19.4. The third kappa shape index (κ3) is 2.78. The first-order valence-corrected chi connectivity index (χ1v) is 5.03. The molecule has 1 amide bonds. The van der Waals surface area contributed by atoms with Crippen LogP contribution in [0, 0.1) is 5.92 Å². The summed E-state index contributed by atoms with van der Waals surface area (Å²) in [5, 5.41) is 3.09. The van der Waals surface area contributed by atoms with Crippen LogP contribution >= 0.6 is 0 Å². The van der Waals surface area contributed by atoms with Crippen LogP contribution in [0.15, 0.2) is 0 Å². The summed E-state index contributed by atoms with van der Waals surface area (Å²) in [6, 6.07) is 0. The van der Waals surface area contributed by atoms with Gasteiger partial charge in [-0.05, 0) is 25.9 Å². The zero-order valence-electron chi connectivity index (χ0n) is 6.58. The summed E-state index contributed by atoms with van der Waals surface area (Å²) in [6.07, 6.45) is 1.43. The van der Waals surface area contributed by atoms with Crippen molar-refractivity contribution in [2.45, 2.75) is 12.8 Å². The van der Waals surface area contributed by atoms with Gasteiger partial charge in [0.05, 0.1) is 0 Å². The lowest BCUT2D eigenvalue weighted by Gasteiger charge is -2.20. The maximum absolute atomic E-state index is 11.1. The summed E-state index contributed by atoms with van der Waals surface area (Å²) < 4.78 is 22.2. The maximum atomic E-state index is 11.1. The summed E-state index contributed by atoms with van der Waals surface area (Å²) in [4.78, 5) is 11.1. The lowest BCUT2D eigenvalue weighted by molar-refractivity contribution is -0.123. The highest BCUT2D eigenvalue weighted by Crippen LogP contribution is 2.10. The molecule has 6 heteroatoms. The van der Waals surface area contributed by atoms with E-state index in [0.717, 1.165) is 25.9 Å². The lowest BCUT2D eigenvalue weighted by atomic mass is 9.98. The van der Waals surface area contributed by atoms with Gasteiger partial charge in [-0.2, -0.15) is 0 Å². The predicted molar refractivity (Wildman–Crippen MR) is 44.1 cm³/mol. The standard InChI is InChI=1S/C6H12N2O3S/c9-6(8-12(10)11)5-1-3-7-4-2-5/h5,7,12H,1-4H2,(H,8,9,10,11). The highest BCUT2D eigenvalue weighted by atomic mass is 32.2. The van der Waals surface area contributed by atoms with Crippen LogP contribution in [0.5, 0.6) is 0 Å². The molecular weight excluding hydrogens is 180 g/mol. The van der Waals surface area contributed by atoms with Crippen LogP contribution in [-0.4, -0.2) is 27.4 Å². The molecule has 1 aliphatic rings. The molecule has 12 heavy (non-hydrogen) atoms. The zero-order valence-corrected chi connectivity index (χ0v) is 7.47. The van der Waals surface area contributed by atoms with Gasteiger partial charge in [0, 0.05) is 5.92 Å². The highest BCUT2D eigenvalue weighted by molar-refractivity contribution is 7.71. The van der Waals surface area contributed by atoms with E-state index in [4.69, 9.17) is 0 Å². The number of amides is 1. The molecular formula is C6H12N2O3S. The molecule has 1 heterocycles. The Kier molecular flexibility index (Phi) is 3.48. The van der Waals surface area contributed by atoms with E-state index in [2.05, 4.69) is 5.32 Å². The van der Waals surface area contributed by atoms with E-state index in [1.54, 1.807) is 0 Å². The smallest absolute Gasteiger partial charge is 0.236 e. The second-order valence-corrected chi connectivity index (χ2v) is 3.50. The quantitative estimate of drug-likeness (QED) is 0.472. The molecule has 0 spiro atoms. The van der Waals surface area contributed by atoms with Crippen molar-refractivity contribution in [1.29, 1.82) is 0 Å². The summed E-state index contributed by atoms with van der Waals surface area (Å²) in [5.74, 6) is -0.508. The number of nitrogens with one attached hydrogen (secondary N) is 2. The fraction of sp³-hybridized carbons (Fsp3) is 0.833. The average molecular weight is 192 g/mol. The molecule has 0 aromatic heterocycles. The number of carbonyl (C=O) groups is 1. The minimum absolute atomic E-state index is 0.140. The van der Waals surface area contributed by atoms with Crippen LogP contribution in [0.1, 0.15) is 12.8 Å². The van der Waals surface area contributed by atoms with Gasteiger partial charge in [0.2, 0.25) is 16.8 Å². The molecule has 1 rings (SSSR count). The van der Waals surface area contributed by atoms with Crippen molar-refractivity contribution in [3.05, 3.63) is 0 Å². The predicted octanol–water partition coefficient (Wildman–Crippen LogP) is -1.37. The molecule has 5 nitrogen and oxygen atoms in total. The van der Waals surface area contributed by atoms with Crippen LogP contribution in [-0.2, 0) is 15.7 Å². The average Bonchev–Trinajstić information content (AvgIpc) is 2.05. The fourth-order valence-corrected chi connectivity index (χ4v) is 1.63. The van der Waals surface area contributed by atoms with Gasteiger partial charge in [0.1, 0.15) is 0 Å². The first-order valence-electron chi connectivity index (χ1n) is 3.86. The van der Waals surface area contributed by atoms with Crippen molar-refractivity contribution < 1.29 is 13.2 Å². The highest BCUT2D eigenvalue weighted by Gasteiger charge is 2.20. The molecule has 1 aliphatic heterocycles. The third-order valence-electron chi connectivity index (χ3n) is 1.91. The summed E-state index contributed by atoms with van der Waals surface area (Å²) in [7, 11) is -2.78. The van der Waals surface area contributed by atoms with Gasteiger partial charge in [-0.25, -0.2) is 8.42 Å². The van der Waals surface area contributed by atoms with Crippen molar-refractivity contribution in [2.24, 2.45) is 5.92 Å². The first-order chi connectivity index (χ1) is 5.70. The van der Waals surface area contributed by atoms with Gasteiger partial charge >= 0.3 is 0 Å². The fourth-order valence-electron chi connectivity index (χ4n) is 1.27. The van der Waals surface area contributed by atoms with E-state index in [9.17, 15) is 13.2 Å². The van der Waals surface area contributed by atoms with Crippen LogP contribution in [0.4, 0.5) is 0 Å². The van der Waals surface area contributed by atoms with E-state index in [0.29, 0.717) is 0 Å². The van der Waals surface area contributed by atoms with Crippen molar-refractivity contribution in [3.63, 3.8) is 0 Å². The number of carbonyl (C=O) groups excluding carboxylic acids is 1. The van der Waals surface area contributed by atoms with Gasteiger partial charge in [-0.15, -0.1) is 0 Å². The SMILES string of the molecule is O=C(N[SH](=O)=O)C1CCNCC1. The Bertz CT molecular complexity index is 225. The van der Waals surface area contributed by atoms with Crippen LogP contribution in [0.25, 0.3) is 0 Å². The van der Waals surface area contributed by atoms with E-state index >= 15 is 0 Å². The second kappa shape index (κ2) is 4.42. The molecule has 1 fully saturated rings. The molecule has 0 aliphatic carbocycles. The molecule has 0 unspecified atom stereocenters. The van der Waals surface area contributed by atoms with Gasteiger partial charge in [-0.3, -0.25) is 9.52 Å². The van der Waals surface area contributed by atoms with Crippen LogP contribution in [0.2, 0.25) is 0 Å². The topological polar surface area (TPSA) is 75.3 Å². The number of hydrogen-bond donors (Lipinski definition) is 3. The molecule has 0 aromatic carbocycles. The Morgan fingerprint density at radius 2 is 1.92 bits per heavy atom. The van der Waals surface area contributed by atoms with Gasteiger partial charge in [0.25, 0.3) is 0 Å². The monoisotopic (exact) mass is 192 g/mol.